The van der Waals surface area contributed by atoms with E-state index in [0.717, 1.165) is 83.0 Å². The predicted octanol–water partition coefficient (Wildman–Crippen LogP) is 3.90. The predicted molar refractivity (Wildman–Crippen MR) is 142 cm³/mol. The molecule has 4 aliphatic rings. The highest BCUT2D eigenvalue weighted by atomic mass is 32.2. The first-order valence-electron chi connectivity index (χ1n) is 12.6. The zero-order chi connectivity index (χ0) is 24.8. The molecule has 1 unspecified atom stereocenters. The Hall–Kier alpha value is -2.81. The van der Waals surface area contributed by atoms with Crippen molar-refractivity contribution in [2.24, 2.45) is 0 Å². The summed E-state index contributed by atoms with van der Waals surface area (Å²) in [6.45, 7) is 10.3. The zero-order valence-electron chi connectivity index (χ0n) is 20.6. The second-order valence-corrected chi connectivity index (χ2v) is 10.9. The SMILES string of the molecule is C=C1C(CCC=O)=C(C(C)O)C=C2c3nc4cc5c(cc4c(CCN4CCSCC4)c3CN12)OCO5. The van der Waals surface area contributed by atoms with Crippen LogP contribution in [-0.2, 0) is 17.8 Å². The third-order valence-corrected chi connectivity index (χ3v) is 8.55. The van der Waals surface area contributed by atoms with Gasteiger partial charge in [0.1, 0.15) is 6.29 Å². The van der Waals surface area contributed by atoms with E-state index in [4.69, 9.17) is 14.5 Å². The first-order valence-corrected chi connectivity index (χ1v) is 13.8. The normalized spacial score (nSPS) is 20.0. The van der Waals surface area contributed by atoms with Crippen molar-refractivity contribution in [2.45, 2.75) is 38.8 Å². The zero-order valence-corrected chi connectivity index (χ0v) is 21.4. The fraction of sp³-hybridized carbons (Fsp3) is 0.429. The number of benzene rings is 1. The molecule has 2 aromatic rings. The summed E-state index contributed by atoms with van der Waals surface area (Å²) in [6.07, 6.45) is 4.20. The molecule has 0 aliphatic carbocycles. The molecule has 0 bridgehead atoms. The Morgan fingerprint density at radius 2 is 2.00 bits per heavy atom. The molecule has 0 spiro atoms. The first-order chi connectivity index (χ1) is 17.5. The van der Waals surface area contributed by atoms with Gasteiger partial charge in [-0.1, -0.05) is 6.58 Å². The number of thioether (sulfide) groups is 1. The van der Waals surface area contributed by atoms with Crippen LogP contribution in [0.5, 0.6) is 11.5 Å². The third-order valence-electron chi connectivity index (χ3n) is 7.61. The van der Waals surface area contributed by atoms with Crippen molar-refractivity contribution in [1.82, 2.24) is 14.8 Å². The van der Waals surface area contributed by atoms with Crippen LogP contribution < -0.4 is 9.47 Å². The van der Waals surface area contributed by atoms with Gasteiger partial charge in [-0.05, 0) is 48.6 Å². The van der Waals surface area contributed by atoms with Crippen LogP contribution in [-0.4, -0.2) is 70.2 Å². The molecule has 1 saturated heterocycles. The van der Waals surface area contributed by atoms with Crippen molar-refractivity contribution in [1.29, 1.82) is 0 Å². The van der Waals surface area contributed by atoms with Gasteiger partial charge in [0.05, 0.1) is 29.6 Å². The number of carbonyl (C=O) groups is 1. The number of carbonyl (C=O) groups excluding carboxylic acids is 1. The van der Waals surface area contributed by atoms with E-state index in [1.165, 1.54) is 22.6 Å². The molecule has 6 rings (SSSR count). The number of rotatable bonds is 7. The van der Waals surface area contributed by atoms with Gasteiger partial charge in [-0.3, -0.25) is 0 Å². The molecule has 5 heterocycles. The van der Waals surface area contributed by atoms with E-state index < -0.39 is 6.10 Å². The smallest absolute Gasteiger partial charge is 0.231 e. The monoisotopic (exact) mass is 505 g/mol. The summed E-state index contributed by atoms with van der Waals surface area (Å²) < 4.78 is 11.4. The summed E-state index contributed by atoms with van der Waals surface area (Å²) in [4.78, 5) is 21.0. The first kappa shape index (κ1) is 23.6. The minimum absolute atomic E-state index is 0.233. The number of aldehydes is 1. The second-order valence-electron chi connectivity index (χ2n) is 9.72. The van der Waals surface area contributed by atoms with Crippen LogP contribution in [0.3, 0.4) is 0 Å². The van der Waals surface area contributed by atoms with Crippen molar-refractivity contribution in [2.75, 3.05) is 37.9 Å². The maximum atomic E-state index is 11.1. The van der Waals surface area contributed by atoms with Crippen LogP contribution in [0, 0.1) is 0 Å². The molecule has 36 heavy (non-hydrogen) atoms. The third kappa shape index (κ3) is 4.01. The summed E-state index contributed by atoms with van der Waals surface area (Å²) in [6, 6.07) is 4.07. The Morgan fingerprint density at radius 3 is 2.75 bits per heavy atom. The van der Waals surface area contributed by atoms with Crippen molar-refractivity contribution in [3.63, 3.8) is 0 Å². The molecule has 7 nitrogen and oxygen atoms in total. The number of allylic oxidation sites excluding steroid dienone is 1. The fourth-order valence-corrected chi connectivity index (χ4v) is 6.69. The minimum Gasteiger partial charge on any atom is -0.454 e. The van der Waals surface area contributed by atoms with Gasteiger partial charge in [-0.25, -0.2) is 4.98 Å². The lowest BCUT2D eigenvalue weighted by atomic mass is 9.92. The van der Waals surface area contributed by atoms with E-state index in [-0.39, 0.29) is 6.79 Å². The van der Waals surface area contributed by atoms with Gasteiger partial charge in [-0.2, -0.15) is 11.8 Å². The molecule has 1 aromatic carbocycles. The summed E-state index contributed by atoms with van der Waals surface area (Å²) in [7, 11) is 0. The van der Waals surface area contributed by atoms with Crippen molar-refractivity contribution >= 4 is 34.6 Å². The van der Waals surface area contributed by atoms with Crippen molar-refractivity contribution < 1.29 is 19.4 Å². The van der Waals surface area contributed by atoms with E-state index >= 15 is 0 Å². The Kier molecular flexibility index (Phi) is 6.27. The van der Waals surface area contributed by atoms with Crippen molar-refractivity contribution in [3.05, 3.63) is 58.5 Å². The molecular weight excluding hydrogens is 474 g/mol. The van der Waals surface area contributed by atoms with Gasteiger partial charge in [0.15, 0.2) is 11.5 Å². The molecular formula is C28H31N3O4S. The number of hydrogen-bond acceptors (Lipinski definition) is 8. The van der Waals surface area contributed by atoms with E-state index in [2.05, 4.69) is 22.4 Å². The van der Waals surface area contributed by atoms with Crippen LogP contribution >= 0.6 is 11.8 Å². The average molecular weight is 506 g/mol. The number of nitrogens with zero attached hydrogens (tertiary/aromatic N) is 3. The largest absolute Gasteiger partial charge is 0.454 e. The van der Waals surface area contributed by atoms with E-state index in [1.807, 2.05) is 23.9 Å². The molecule has 1 atom stereocenters. The minimum atomic E-state index is -0.659. The number of hydrogen-bond donors (Lipinski definition) is 1. The van der Waals surface area contributed by atoms with Crippen LogP contribution in [0.2, 0.25) is 0 Å². The topological polar surface area (TPSA) is 75.1 Å². The van der Waals surface area contributed by atoms with Crippen LogP contribution in [0.15, 0.2) is 41.6 Å². The van der Waals surface area contributed by atoms with Crippen LogP contribution in [0.1, 0.15) is 36.6 Å². The molecule has 1 fully saturated rings. The lowest BCUT2D eigenvalue weighted by Crippen LogP contribution is -2.34. The number of aliphatic hydroxyl groups excluding tert-OH is 1. The Bertz CT molecular complexity index is 1310. The van der Waals surface area contributed by atoms with Crippen LogP contribution in [0.25, 0.3) is 16.6 Å². The number of aromatic nitrogens is 1. The molecule has 0 radical (unpaired) electrons. The average Bonchev–Trinajstić information content (AvgIpc) is 3.49. The van der Waals surface area contributed by atoms with Crippen molar-refractivity contribution in [3.8, 4) is 11.5 Å². The van der Waals surface area contributed by atoms with Gasteiger partial charge < -0.3 is 29.2 Å². The van der Waals surface area contributed by atoms with E-state index in [9.17, 15) is 9.90 Å². The summed E-state index contributed by atoms with van der Waals surface area (Å²) in [5.41, 5.74) is 7.93. The number of pyridine rings is 1. The second kappa shape index (κ2) is 9.57. The molecule has 0 saturated carbocycles. The van der Waals surface area contributed by atoms with Gasteiger partial charge in [0, 0.05) is 60.3 Å². The van der Waals surface area contributed by atoms with Gasteiger partial charge >= 0.3 is 0 Å². The summed E-state index contributed by atoms with van der Waals surface area (Å²) >= 11 is 2.03. The molecule has 1 N–H and O–H groups in total. The van der Waals surface area contributed by atoms with Gasteiger partial charge in [0.2, 0.25) is 6.79 Å². The number of fused-ring (bicyclic) bond motifs is 5. The standard InChI is InChI=1S/C28H31N3O4S/c1-17-19(4-3-9-32)21(18(2)33)12-25-28-23(15-31(17)25)20(5-6-30-7-10-36-11-8-30)22-13-26-27(35-16-34-26)14-24(22)29-28/h9,12-14,18,33H,1,3-8,10-11,15-16H2,2H3. The summed E-state index contributed by atoms with van der Waals surface area (Å²) in [5.74, 6) is 3.87. The van der Waals surface area contributed by atoms with E-state index in [0.29, 0.717) is 19.4 Å². The molecule has 4 aliphatic heterocycles. The maximum absolute atomic E-state index is 11.1. The molecule has 8 heteroatoms. The summed E-state index contributed by atoms with van der Waals surface area (Å²) in [5, 5.41) is 11.7. The highest BCUT2D eigenvalue weighted by molar-refractivity contribution is 7.99. The Morgan fingerprint density at radius 1 is 1.22 bits per heavy atom. The Balaban J connectivity index is 1.47. The van der Waals surface area contributed by atoms with Gasteiger partial charge in [-0.15, -0.1) is 0 Å². The highest BCUT2D eigenvalue weighted by Gasteiger charge is 2.36. The quantitative estimate of drug-likeness (QED) is 0.568. The number of ether oxygens (including phenoxy) is 2. The molecule has 1 aromatic heterocycles. The number of aliphatic hydroxyl groups is 1. The lowest BCUT2D eigenvalue weighted by Gasteiger charge is -2.31. The molecule has 0 amide bonds. The maximum Gasteiger partial charge on any atom is 0.231 e. The highest BCUT2D eigenvalue weighted by Crippen LogP contribution is 2.46. The van der Waals surface area contributed by atoms with E-state index in [1.54, 1.807) is 6.92 Å². The van der Waals surface area contributed by atoms with Gasteiger partial charge in [0.25, 0.3) is 0 Å². The fourth-order valence-electron chi connectivity index (χ4n) is 5.71. The Labute approximate surface area is 215 Å². The molecule has 188 valence electrons. The van der Waals surface area contributed by atoms with Crippen LogP contribution in [0.4, 0.5) is 0 Å². The lowest BCUT2D eigenvalue weighted by molar-refractivity contribution is -0.107.